The molecular weight excluding hydrogens is 390 g/mol. The topological polar surface area (TPSA) is 73.2 Å². The van der Waals surface area contributed by atoms with Gasteiger partial charge in [0.1, 0.15) is 0 Å². The Bertz CT molecular complexity index is 1050. The third kappa shape index (κ3) is 5.02. The van der Waals surface area contributed by atoms with Gasteiger partial charge in [-0.2, -0.15) is 5.10 Å². The monoisotopic (exact) mass is 419 g/mol. The molecular formula is C25H29N3O3. The van der Waals surface area contributed by atoms with Crippen LogP contribution in [0.5, 0.6) is 0 Å². The number of hydrogen-bond acceptors (Lipinski definition) is 4. The van der Waals surface area contributed by atoms with E-state index in [4.69, 9.17) is 4.74 Å². The Morgan fingerprint density at radius 3 is 2.32 bits per heavy atom. The molecule has 0 saturated heterocycles. The fourth-order valence-electron chi connectivity index (χ4n) is 3.45. The van der Waals surface area contributed by atoms with Gasteiger partial charge in [-0.25, -0.2) is 9.48 Å². The van der Waals surface area contributed by atoms with Gasteiger partial charge >= 0.3 is 5.97 Å². The Morgan fingerprint density at radius 2 is 1.71 bits per heavy atom. The molecule has 6 heteroatoms. The molecule has 0 bridgehead atoms. The number of ether oxygens (including phenoxy) is 1. The highest BCUT2D eigenvalue weighted by Crippen LogP contribution is 2.27. The van der Waals surface area contributed by atoms with E-state index < -0.39 is 5.97 Å². The summed E-state index contributed by atoms with van der Waals surface area (Å²) in [6.07, 6.45) is 1.79. The smallest absolute Gasteiger partial charge is 0.358 e. The molecule has 0 aliphatic rings. The number of carbonyl (C=O) groups excluding carboxylic acids is 2. The van der Waals surface area contributed by atoms with Gasteiger partial charge in [-0.3, -0.25) is 4.79 Å². The van der Waals surface area contributed by atoms with Gasteiger partial charge < -0.3 is 10.1 Å². The highest BCUT2D eigenvalue weighted by Gasteiger charge is 2.19. The van der Waals surface area contributed by atoms with Gasteiger partial charge in [0, 0.05) is 17.2 Å². The van der Waals surface area contributed by atoms with Crippen molar-refractivity contribution in [2.45, 2.75) is 46.6 Å². The summed E-state index contributed by atoms with van der Waals surface area (Å²) < 4.78 is 6.86. The van der Waals surface area contributed by atoms with Crippen LogP contribution in [0.4, 0.5) is 0 Å². The molecule has 6 nitrogen and oxygen atoms in total. The zero-order chi connectivity index (χ0) is 22.4. The molecule has 0 fully saturated rings. The summed E-state index contributed by atoms with van der Waals surface area (Å²) in [7, 11) is 0. The lowest BCUT2D eigenvalue weighted by Gasteiger charge is -2.15. The van der Waals surface area contributed by atoms with Gasteiger partial charge in [0.15, 0.2) is 5.69 Å². The fourth-order valence-corrected chi connectivity index (χ4v) is 3.45. The van der Waals surface area contributed by atoms with Gasteiger partial charge in [-0.05, 0) is 62.6 Å². The third-order valence-corrected chi connectivity index (χ3v) is 5.31. The summed E-state index contributed by atoms with van der Waals surface area (Å²) in [4.78, 5) is 24.8. The van der Waals surface area contributed by atoms with Crippen LogP contribution in [0.15, 0.2) is 54.6 Å². The van der Waals surface area contributed by atoms with Crippen LogP contribution in [0.2, 0.25) is 0 Å². The van der Waals surface area contributed by atoms with Crippen LogP contribution in [0.25, 0.3) is 16.9 Å². The predicted octanol–water partition coefficient (Wildman–Crippen LogP) is 4.94. The average molecular weight is 420 g/mol. The number of esters is 1. The molecule has 0 aliphatic carbocycles. The van der Waals surface area contributed by atoms with Crippen molar-refractivity contribution in [3.05, 3.63) is 71.4 Å². The van der Waals surface area contributed by atoms with E-state index in [-0.39, 0.29) is 24.2 Å². The van der Waals surface area contributed by atoms with Gasteiger partial charge in [-0.15, -0.1) is 0 Å². The fraction of sp³-hybridized carbons (Fsp3) is 0.320. The highest BCUT2D eigenvalue weighted by molar-refractivity contribution is 5.94. The van der Waals surface area contributed by atoms with E-state index in [1.807, 2.05) is 43.3 Å². The largest absolute Gasteiger partial charge is 0.461 e. The van der Waals surface area contributed by atoms with Crippen LogP contribution in [0, 0.1) is 6.92 Å². The molecule has 1 amide bonds. The lowest BCUT2D eigenvalue weighted by molar-refractivity contribution is 0.0518. The van der Waals surface area contributed by atoms with E-state index in [9.17, 15) is 9.59 Å². The van der Waals surface area contributed by atoms with Crippen LogP contribution in [-0.4, -0.2) is 34.3 Å². The molecule has 0 aliphatic heterocycles. The average Bonchev–Trinajstić information content (AvgIpc) is 3.23. The van der Waals surface area contributed by atoms with E-state index in [0.717, 1.165) is 35.3 Å². The van der Waals surface area contributed by atoms with Crippen LogP contribution in [0.3, 0.4) is 0 Å². The quantitative estimate of drug-likeness (QED) is 0.525. The van der Waals surface area contributed by atoms with Crippen molar-refractivity contribution >= 4 is 11.9 Å². The number of benzene rings is 2. The first-order valence-corrected chi connectivity index (χ1v) is 10.7. The minimum absolute atomic E-state index is 0.0907. The van der Waals surface area contributed by atoms with E-state index in [2.05, 4.69) is 24.3 Å². The van der Waals surface area contributed by atoms with Crippen molar-refractivity contribution in [2.75, 3.05) is 6.61 Å². The van der Waals surface area contributed by atoms with Crippen molar-refractivity contribution in [2.24, 2.45) is 0 Å². The molecule has 0 saturated carbocycles. The van der Waals surface area contributed by atoms with Crippen molar-refractivity contribution < 1.29 is 14.3 Å². The Hall–Kier alpha value is -3.41. The van der Waals surface area contributed by atoms with E-state index in [1.54, 1.807) is 29.8 Å². The minimum atomic E-state index is -0.461. The van der Waals surface area contributed by atoms with E-state index >= 15 is 0 Å². The standard InChI is InChI=1S/C25H29N3O3/c1-5-19(6-2)26-24(29)18-12-14-20(15-13-18)28-23(21-11-9-8-10-17(21)4)16-22(27-28)25(30)31-7-3/h8-16,19H,5-7H2,1-4H3,(H,26,29). The normalized spacial score (nSPS) is 10.9. The third-order valence-electron chi connectivity index (χ3n) is 5.31. The lowest BCUT2D eigenvalue weighted by Crippen LogP contribution is -2.33. The van der Waals surface area contributed by atoms with Crippen molar-refractivity contribution in [1.82, 2.24) is 15.1 Å². The summed E-state index contributed by atoms with van der Waals surface area (Å²) >= 11 is 0. The van der Waals surface area contributed by atoms with Crippen molar-refractivity contribution in [1.29, 1.82) is 0 Å². The second kappa shape index (κ2) is 10.1. The number of carbonyl (C=O) groups is 2. The Balaban J connectivity index is 1.98. The molecule has 0 unspecified atom stereocenters. The zero-order valence-electron chi connectivity index (χ0n) is 18.5. The van der Waals surface area contributed by atoms with E-state index in [1.165, 1.54) is 0 Å². The number of rotatable bonds is 8. The number of hydrogen-bond donors (Lipinski definition) is 1. The van der Waals surface area contributed by atoms with Gasteiger partial charge in [0.05, 0.1) is 18.0 Å². The SMILES string of the molecule is CCOC(=O)c1cc(-c2ccccc2C)n(-c2ccc(C(=O)NC(CC)CC)cc2)n1. The Labute approximate surface area is 183 Å². The molecule has 162 valence electrons. The number of aryl methyl sites for hydroxylation is 1. The summed E-state index contributed by atoms with van der Waals surface area (Å²) in [5.41, 5.74) is 4.42. The first kappa shape index (κ1) is 22.3. The van der Waals surface area contributed by atoms with Crippen LogP contribution in [-0.2, 0) is 4.74 Å². The summed E-state index contributed by atoms with van der Waals surface area (Å²) in [5.74, 6) is -0.552. The second-order valence-corrected chi connectivity index (χ2v) is 7.40. The van der Waals surface area contributed by atoms with E-state index in [0.29, 0.717) is 5.56 Å². The number of nitrogens with zero attached hydrogens (tertiary/aromatic N) is 2. The van der Waals surface area contributed by atoms with Crippen molar-refractivity contribution in [3.63, 3.8) is 0 Å². The maximum Gasteiger partial charge on any atom is 0.358 e. The van der Waals surface area contributed by atoms with Gasteiger partial charge in [0.2, 0.25) is 0 Å². The number of amides is 1. The predicted molar refractivity (Wildman–Crippen MR) is 122 cm³/mol. The molecule has 1 heterocycles. The molecule has 0 spiro atoms. The molecule has 3 rings (SSSR count). The first-order valence-electron chi connectivity index (χ1n) is 10.7. The van der Waals surface area contributed by atoms with Gasteiger partial charge in [0.25, 0.3) is 5.91 Å². The molecule has 3 aromatic rings. The Kier molecular flexibility index (Phi) is 7.23. The maximum atomic E-state index is 12.5. The molecule has 0 atom stereocenters. The van der Waals surface area contributed by atoms with Crippen LogP contribution >= 0.6 is 0 Å². The Morgan fingerprint density at radius 1 is 1.03 bits per heavy atom. The molecule has 1 N–H and O–H groups in total. The van der Waals surface area contributed by atoms with Crippen LogP contribution in [0.1, 0.15) is 60.0 Å². The number of nitrogens with one attached hydrogen (secondary N) is 1. The summed E-state index contributed by atoms with van der Waals surface area (Å²) in [6, 6.07) is 17.1. The molecule has 1 aromatic heterocycles. The molecule has 0 radical (unpaired) electrons. The molecule has 2 aromatic carbocycles. The highest BCUT2D eigenvalue weighted by atomic mass is 16.5. The molecule has 31 heavy (non-hydrogen) atoms. The van der Waals surface area contributed by atoms with Gasteiger partial charge in [-0.1, -0.05) is 38.1 Å². The second-order valence-electron chi connectivity index (χ2n) is 7.40. The summed E-state index contributed by atoms with van der Waals surface area (Å²) in [6.45, 7) is 8.18. The summed E-state index contributed by atoms with van der Waals surface area (Å²) in [5, 5.41) is 7.55. The van der Waals surface area contributed by atoms with Crippen LogP contribution < -0.4 is 5.32 Å². The first-order chi connectivity index (χ1) is 15.0. The zero-order valence-corrected chi connectivity index (χ0v) is 18.5. The maximum absolute atomic E-state index is 12.5. The lowest BCUT2D eigenvalue weighted by atomic mass is 10.1. The minimum Gasteiger partial charge on any atom is -0.461 e. The van der Waals surface area contributed by atoms with Crippen molar-refractivity contribution in [3.8, 4) is 16.9 Å². The number of aromatic nitrogens is 2.